The highest BCUT2D eigenvalue weighted by atomic mass is 16.5. The van der Waals surface area contributed by atoms with Crippen LogP contribution in [0.15, 0.2) is 48.5 Å². The van der Waals surface area contributed by atoms with Gasteiger partial charge in [0, 0.05) is 0 Å². The van der Waals surface area contributed by atoms with Crippen molar-refractivity contribution in [1.82, 2.24) is 0 Å². The van der Waals surface area contributed by atoms with Crippen molar-refractivity contribution in [3.63, 3.8) is 0 Å². The molecule has 1 atom stereocenters. The lowest BCUT2D eigenvalue weighted by atomic mass is 9.99. The molecular weight excluding hydrogens is 264 g/mol. The van der Waals surface area contributed by atoms with E-state index in [9.17, 15) is 4.79 Å². The highest BCUT2D eigenvalue weighted by Gasteiger charge is 2.10. The van der Waals surface area contributed by atoms with Crippen LogP contribution >= 0.6 is 0 Å². The number of carbonyl (C=O) groups excluding carboxylic acids is 1. The molecule has 0 aliphatic rings. The smallest absolute Gasteiger partial charge is 0.343 e. The summed E-state index contributed by atoms with van der Waals surface area (Å²) in [4.78, 5) is 12.1. The maximum absolute atomic E-state index is 12.1. The summed E-state index contributed by atoms with van der Waals surface area (Å²) in [6, 6.07) is 14.6. The monoisotopic (exact) mass is 284 g/mol. The van der Waals surface area contributed by atoms with Crippen molar-refractivity contribution in [3.05, 3.63) is 59.7 Å². The molecule has 3 heteroatoms. The Morgan fingerprint density at radius 2 is 1.81 bits per heavy atom. The van der Waals surface area contributed by atoms with Gasteiger partial charge in [-0.1, -0.05) is 32.0 Å². The molecule has 0 radical (unpaired) electrons. The Labute approximate surface area is 125 Å². The number of benzene rings is 2. The summed E-state index contributed by atoms with van der Waals surface area (Å²) < 4.78 is 10.5. The molecule has 110 valence electrons. The van der Waals surface area contributed by atoms with Crippen LogP contribution in [-0.2, 0) is 0 Å². The van der Waals surface area contributed by atoms with E-state index in [4.69, 9.17) is 9.47 Å². The van der Waals surface area contributed by atoms with Gasteiger partial charge in [-0.25, -0.2) is 4.79 Å². The fourth-order valence-electron chi connectivity index (χ4n) is 2.02. The predicted octanol–water partition coefficient (Wildman–Crippen LogP) is 4.43. The van der Waals surface area contributed by atoms with E-state index < -0.39 is 0 Å². The zero-order valence-corrected chi connectivity index (χ0v) is 12.6. The number of rotatable bonds is 5. The number of hydrogen-bond acceptors (Lipinski definition) is 3. The van der Waals surface area contributed by atoms with E-state index in [0.717, 1.165) is 6.42 Å². The number of ether oxygens (including phenoxy) is 2. The van der Waals surface area contributed by atoms with Gasteiger partial charge in [-0.3, -0.25) is 0 Å². The maximum Gasteiger partial charge on any atom is 0.343 e. The number of carbonyl (C=O) groups is 1. The standard InChI is InChI=1S/C18H20O3/c1-4-13(2)14-8-10-16(11-9-14)21-18(19)15-6-5-7-17(12-15)20-3/h5-13H,4H2,1-3H3. The summed E-state index contributed by atoms with van der Waals surface area (Å²) >= 11 is 0. The first kappa shape index (κ1) is 15.1. The molecule has 0 amide bonds. The predicted molar refractivity (Wildman–Crippen MR) is 83.1 cm³/mol. The Kier molecular flexibility index (Phi) is 4.99. The quantitative estimate of drug-likeness (QED) is 0.602. The molecule has 1 unspecified atom stereocenters. The molecule has 0 saturated heterocycles. The van der Waals surface area contributed by atoms with Gasteiger partial charge in [0.25, 0.3) is 0 Å². The highest BCUT2D eigenvalue weighted by Crippen LogP contribution is 2.22. The van der Waals surface area contributed by atoms with Gasteiger partial charge >= 0.3 is 5.97 Å². The lowest BCUT2D eigenvalue weighted by Crippen LogP contribution is -2.08. The second kappa shape index (κ2) is 6.93. The molecule has 2 aromatic rings. The molecule has 0 aliphatic heterocycles. The Morgan fingerprint density at radius 1 is 1.10 bits per heavy atom. The van der Waals surface area contributed by atoms with E-state index >= 15 is 0 Å². The summed E-state index contributed by atoms with van der Waals surface area (Å²) in [5.41, 5.74) is 1.72. The molecule has 2 rings (SSSR count). The first-order valence-electron chi connectivity index (χ1n) is 7.10. The molecule has 21 heavy (non-hydrogen) atoms. The minimum absolute atomic E-state index is 0.384. The number of methoxy groups -OCH3 is 1. The lowest BCUT2D eigenvalue weighted by molar-refractivity contribution is 0.0734. The van der Waals surface area contributed by atoms with E-state index in [0.29, 0.717) is 23.0 Å². The number of hydrogen-bond donors (Lipinski definition) is 0. The van der Waals surface area contributed by atoms with E-state index in [-0.39, 0.29) is 5.97 Å². The third-order valence-corrected chi connectivity index (χ3v) is 3.58. The molecular formula is C18H20O3. The fourth-order valence-corrected chi connectivity index (χ4v) is 2.02. The van der Waals surface area contributed by atoms with Crippen molar-refractivity contribution in [2.75, 3.05) is 7.11 Å². The van der Waals surface area contributed by atoms with Crippen LogP contribution in [0.1, 0.15) is 42.1 Å². The minimum atomic E-state index is -0.384. The van der Waals surface area contributed by atoms with Crippen LogP contribution in [0.25, 0.3) is 0 Å². The lowest BCUT2D eigenvalue weighted by Gasteiger charge is -2.10. The second-order valence-corrected chi connectivity index (χ2v) is 5.00. The molecule has 0 aromatic heterocycles. The third-order valence-electron chi connectivity index (χ3n) is 3.58. The van der Waals surface area contributed by atoms with E-state index in [2.05, 4.69) is 13.8 Å². The van der Waals surface area contributed by atoms with Crippen LogP contribution in [0.2, 0.25) is 0 Å². The maximum atomic E-state index is 12.1. The molecule has 0 aliphatic carbocycles. The van der Waals surface area contributed by atoms with Crippen molar-refractivity contribution >= 4 is 5.97 Å². The minimum Gasteiger partial charge on any atom is -0.497 e. The Bertz CT molecular complexity index is 602. The van der Waals surface area contributed by atoms with Gasteiger partial charge in [0.2, 0.25) is 0 Å². The van der Waals surface area contributed by atoms with Gasteiger partial charge < -0.3 is 9.47 Å². The van der Waals surface area contributed by atoms with E-state index in [1.54, 1.807) is 31.4 Å². The fraction of sp³-hybridized carbons (Fsp3) is 0.278. The Hall–Kier alpha value is -2.29. The van der Waals surface area contributed by atoms with E-state index in [1.807, 2.05) is 24.3 Å². The average Bonchev–Trinajstić information content (AvgIpc) is 2.54. The second-order valence-electron chi connectivity index (χ2n) is 5.00. The van der Waals surface area contributed by atoms with Gasteiger partial charge in [0.05, 0.1) is 12.7 Å². The normalized spacial score (nSPS) is 11.8. The molecule has 0 N–H and O–H groups in total. The first-order chi connectivity index (χ1) is 10.1. The summed E-state index contributed by atoms with van der Waals surface area (Å²) in [7, 11) is 1.57. The van der Waals surface area contributed by atoms with Crippen molar-refractivity contribution in [2.45, 2.75) is 26.2 Å². The van der Waals surface area contributed by atoms with Crippen LogP contribution in [0.5, 0.6) is 11.5 Å². The van der Waals surface area contributed by atoms with Crippen LogP contribution in [0.3, 0.4) is 0 Å². The van der Waals surface area contributed by atoms with Gasteiger partial charge in [-0.2, -0.15) is 0 Å². The topological polar surface area (TPSA) is 35.5 Å². The molecule has 0 saturated carbocycles. The molecule has 0 heterocycles. The zero-order valence-electron chi connectivity index (χ0n) is 12.6. The van der Waals surface area contributed by atoms with Crippen molar-refractivity contribution in [1.29, 1.82) is 0 Å². The van der Waals surface area contributed by atoms with Gasteiger partial charge in [-0.15, -0.1) is 0 Å². The highest BCUT2D eigenvalue weighted by molar-refractivity contribution is 5.91. The van der Waals surface area contributed by atoms with Crippen LogP contribution in [-0.4, -0.2) is 13.1 Å². The Balaban J connectivity index is 2.08. The number of esters is 1. The van der Waals surface area contributed by atoms with Crippen molar-refractivity contribution < 1.29 is 14.3 Å². The first-order valence-corrected chi connectivity index (χ1v) is 7.10. The Morgan fingerprint density at radius 3 is 2.43 bits per heavy atom. The molecule has 3 nitrogen and oxygen atoms in total. The largest absolute Gasteiger partial charge is 0.497 e. The van der Waals surface area contributed by atoms with Crippen LogP contribution in [0, 0.1) is 0 Å². The summed E-state index contributed by atoms with van der Waals surface area (Å²) in [6.07, 6.45) is 1.09. The molecule has 2 aromatic carbocycles. The van der Waals surface area contributed by atoms with Gasteiger partial charge in [0.15, 0.2) is 0 Å². The SMILES string of the molecule is CCC(C)c1ccc(OC(=O)c2cccc(OC)c2)cc1. The summed E-state index contributed by atoms with van der Waals surface area (Å²) in [5, 5.41) is 0. The van der Waals surface area contributed by atoms with Crippen LogP contribution in [0.4, 0.5) is 0 Å². The third kappa shape index (κ3) is 3.85. The van der Waals surface area contributed by atoms with E-state index in [1.165, 1.54) is 5.56 Å². The molecule has 0 fully saturated rings. The average molecular weight is 284 g/mol. The molecule has 0 bridgehead atoms. The van der Waals surface area contributed by atoms with Crippen molar-refractivity contribution in [2.24, 2.45) is 0 Å². The van der Waals surface area contributed by atoms with Crippen LogP contribution < -0.4 is 9.47 Å². The zero-order chi connectivity index (χ0) is 15.2. The molecule has 0 spiro atoms. The summed E-state index contributed by atoms with van der Waals surface area (Å²) in [6.45, 7) is 4.33. The summed E-state index contributed by atoms with van der Waals surface area (Å²) in [5.74, 6) is 1.31. The van der Waals surface area contributed by atoms with Crippen molar-refractivity contribution in [3.8, 4) is 11.5 Å². The van der Waals surface area contributed by atoms with Gasteiger partial charge in [-0.05, 0) is 48.2 Å². The van der Waals surface area contributed by atoms with Gasteiger partial charge in [0.1, 0.15) is 11.5 Å².